The molecule has 1 heterocycles. The number of likely N-dealkylation sites (tertiary alicyclic amines) is 1. The third kappa shape index (κ3) is 6.18. The number of carbonyl (C=O) groups excluding carboxylic acids is 2. The summed E-state index contributed by atoms with van der Waals surface area (Å²) in [5, 5.41) is 2.87. The second kappa shape index (κ2) is 9.33. The Morgan fingerprint density at radius 2 is 2.00 bits per heavy atom. The number of nitrogens with zero attached hydrogens (tertiary/aromatic N) is 1. The first-order chi connectivity index (χ1) is 11.1. The highest BCUT2D eigenvalue weighted by molar-refractivity contribution is 9.10. The van der Waals surface area contributed by atoms with Crippen molar-refractivity contribution in [3.63, 3.8) is 0 Å². The molecule has 2 rings (SSSR count). The van der Waals surface area contributed by atoms with Crippen LogP contribution in [-0.4, -0.2) is 42.1 Å². The van der Waals surface area contributed by atoms with E-state index in [1.54, 1.807) is 18.7 Å². The second-order valence-electron chi connectivity index (χ2n) is 5.79. The highest BCUT2D eigenvalue weighted by Crippen LogP contribution is 2.27. The fourth-order valence-corrected chi connectivity index (χ4v) is 4.15. The Balaban J connectivity index is 1.67. The van der Waals surface area contributed by atoms with E-state index in [1.807, 2.05) is 23.1 Å². The molecule has 23 heavy (non-hydrogen) atoms. The monoisotopic (exact) mass is 398 g/mol. The van der Waals surface area contributed by atoms with Crippen molar-refractivity contribution in [1.82, 2.24) is 10.2 Å². The summed E-state index contributed by atoms with van der Waals surface area (Å²) in [4.78, 5) is 26.4. The minimum absolute atomic E-state index is 0.0209. The van der Waals surface area contributed by atoms with Crippen molar-refractivity contribution in [3.05, 3.63) is 28.7 Å². The van der Waals surface area contributed by atoms with Gasteiger partial charge in [-0.05, 0) is 46.8 Å². The van der Waals surface area contributed by atoms with Gasteiger partial charge in [-0.2, -0.15) is 0 Å². The van der Waals surface area contributed by atoms with Crippen LogP contribution in [0.1, 0.15) is 26.2 Å². The van der Waals surface area contributed by atoms with Gasteiger partial charge in [-0.1, -0.05) is 12.1 Å². The lowest BCUT2D eigenvalue weighted by Crippen LogP contribution is -2.41. The zero-order valence-electron chi connectivity index (χ0n) is 13.4. The van der Waals surface area contributed by atoms with E-state index < -0.39 is 0 Å². The minimum Gasteiger partial charge on any atom is -0.356 e. The van der Waals surface area contributed by atoms with E-state index in [-0.39, 0.29) is 11.8 Å². The molecule has 0 aromatic heterocycles. The van der Waals surface area contributed by atoms with Gasteiger partial charge < -0.3 is 10.2 Å². The molecule has 1 aliphatic heterocycles. The topological polar surface area (TPSA) is 49.4 Å². The van der Waals surface area contributed by atoms with Crippen LogP contribution in [-0.2, 0) is 9.59 Å². The molecule has 1 aromatic rings. The van der Waals surface area contributed by atoms with E-state index in [0.717, 1.165) is 42.7 Å². The van der Waals surface area contributed by atoms with Gasteiger partial charge in [-0.25, -0.2) is 0 Å². The molecule has 4 nitrogen and oxygen atoms in total. The van der Waals surface area contributed by atoms with Crippen LogP contribution in [0.25, 0.3) is 0 Å². The SMILES string of the molecule is CC(=O)NCC1CCN(C(=O)CCSc2ccccc2Br)CC1. The van der Waals surface area contributed by atoms with Crippen molar-refractivity contribution >= 4 is 39.5 Å². The van der Waals surface area contributed by atoms with Crippen LogP contribution < -0.4 is 5.32 Å². The smallest absolute Gasteiger partial charge is 0.223 e. The van der Waals surface area contributed by atoms with Crippen molar-refractivity contribution in [1.29, 1.82) is 0 Å². The van der Waals surface area contributed by atoms with Gasteiger partial charge in [-0.3, -0.25) is 9.59 Å². The number of benzene rings is 1. The van der Waals surface area contributed by atoms with Crippen LogP contribution >= 0.6 is 27.7 Å². The van der Waals surface area contributed by atoms with Gasteiger partial charge in [0.15, 0.2) is 0 Å². The predicted octanol–water partition coefficient (Wildman–Crippen LogP) is 3.31. The molecule has 2 amide bonds. The minimum atomic E-state index is 0.0209. The van der Waals surface area contributed by atoms with Crippen LogP contribution in [0.3, 0.4) is 0 Å². The van der Waals surface area contributed by atoms with Crippen molar-refractivity contribution in [3.8, 4) is 0 Å². The number of hydrogen-bond donors (Lipinski definition) is 1. The van der Waals surface area contributed by atoms with Crippen LogP contribution in [0.2, 0.25) is 0 Å². The van der Waals surface area contributed by atoms with E-state index >= 15 is 0 Å². The Morgan fingerprint density at radius 3 is 2.65 bits per heavy atom. The Morgan fingerprint density at radius 1 is 1.30 bits per heavy atom. The largest absolute Gasteiger partial charge is 0.356 e. The summed E-state index contributed by atoms with van der Waals surface area (Å²) in [5.74, 6) is 1.56. The number of nitrogens with one attached hydrogen (secondary N) is 1. The van der Waals surface area contributed by atoms with E-state index in [2.05, 4.69) is 27.3 Å². The van der Waals surface area contributed by atoms with Crippen LogP contribution in [0, 0.1) is 5.92 Å². The highest BCUT2D eigenvalue weighted by Gasteiger charge is 2.22. The van der Waals surface area contributed by atoms with E-state index in [4.69, 9.17) is 0 Å². The molecule has 0 saturated carbocycles. The quantitative estimate of drug-likeness (QED) is 0.747. The Hall–Kier alpha value is -1.01. The molecule has 126 valence electrons. The number of carbonyl (C=O) groups is 2. The molecular weight excluding hydrogens is 376 g/mol. The van der Waals surface area contributed by atoms with E-state index in [9.17, 15) is 9.59 Å². The first kappa shape index (κ1) is 18.3. The van der Waals surface area contributed by atoms with Crippen molar-refractivity contribution < 1.29 is 9.59 Å². The first-order valence-electron chi connectivity index (χ1n) is 7.96. The lowest BCUT2D eigenvalue weighted by molar-refractivity contribution is -0.132. The molecule has 1 aliphatic rings. The van der Waals surface area contributed by atoms with Crippen molar-refractivity contribution in [2.75, 3.05) is 25.4 Å². The van der Waals surface area contributed by atoms with Crippen molar-refractivity contribution in [2.24, 2.45) is 5.92 Å². The molecule has 0 aliphatic carbocycles. The first-order valence-corrected chi connectivity index (χ1v) is 9.73. The van der Waals surface area contributed by atoms with Crippen molar-refractivity contribution in [2.45, 2.75) is 31.1 Å². The highest BCUT2D eigenvalue weighted by atomic mass is 79.9. The zero-order valence-corrected chi connectivity index (χ0v) is 15.8. The molecular formula is C17H23BrN2O2S. The summed E-state index contributed by atoms with van der Waals surface area (Å²) in [6.45, 7) is 3.89. The van der Waals surface area contributed by atoms with Crippen LogP contribution in [0.5, 0.6) is 0 Å². The molecule has 1 saturated heterocycles. The number of hydrogen-bond acceptors (Lipinski definition) is 3. The number of amides is 2. The van der Waals surface area contributed by atoms with Gasteiger partial charge in [0.05, 0.1) is 0 Å². The summed E-state index contributed by atoms with van der Waals surface area (Å²) in [6.07, 6.45) is 2.52. The molecule has 6 heteroatoms. The molecule has 0 atom stereocenters. The van der Waals surface area contributed by atoms with Crippen LogP contribution in [0.4, 0.5) is 0 Å². The summed E-state index contributed by atoms with van der Waals surface area (Å²) in [7, 11) is 0. The van der Waals surface area contributed by atoms with Gasteiger partial charge in [-0.15, -0.1) is 11.8 Å². The maximum absolute atomic E-state index is 12.3. The number of rotatable bonds is 6. The molecule has 0 spiro atoms. The zero-order chi connectivity index (χ0) is 16.7. The fraction of sp³-hybridized carbons (Fsp3) is 0.529. The standard InChI is InChI=1S/C17H23BrN2O2S/c1-13(21)19-12-14-6-9-20(10-7-14)17(22)8-11-23-16-5-3-2-4-15(16)18/h2-5,14H,6-12H2,1H3,(H,19,21). The maximum atomic E-state index is 12.3. The Bertz CT molecular complexity index is 545. The number of piperidine rings is 1. The fourth-order valence-electron chi connectivity index (χ4n) is 2.64. The van der Waals surface area contributed by atoms with Gasteiger partial charge in [0.1, 0.15) is 0 Å². The summed E-state index contributed by atoms with van der Waals surface area (Å²) < 4.78 is 1.08. The molecule has 0 unspecified atom stereocenters. The van der Waals surface area contributed by atoms with E-state index in [0.29, 0.717) is 12.3 Å². The maximum Gasteiger partial charge on any atom is 0.223 e. The molecule has 0 radical (unpaired) electrons. The number of halogens is 1. The Labute approximate surface area is 150 Å². The molecule has 1 aromatic carbocycles. The van der Waals surface area contributed by atoms with Gasteiger partial charge in [0, 0.05) is 48.1 Å². The second-order valence-corrected chi connectivity index (χ2v) is 7.78. The molecule has 0 bridgehead atoms. The van der Waals surface area contributed by atoms with Crippen LogP contribution in [0.15, 0.2) is 33.6 Å². The summed E-state index contributed by atoms with van der Waals surface area (Å²) >= 11 is 5.23. The average molecular weight is 399 g/mol. The number of thioether (sulfide) groups is 1. The third-order valence-corrected chi connectivity index (χ3v) is 6.05. The van der Waals surface area contributed by atoms with E-state index in [1.165, 1.54) is 4.90 Å². The predicted molar refractivity (Wildman–Crippen MR) is 97.5 cm³/mol. The summed E-state index contributed by atoms with van der Waals surface area (Å²) in [5.41, 5.74) is 0. The Kier molecular flexibility index (Phi) is 7.43. The van der Waals surface area contributed by atoms with Gasteiger partial charge in [0.2, 0.25) is 11.8 Å². The summed E-state index contributed by atoms with van der Waals surface area (Å²) in [6, 6.07) is 8.08. The lowest BCUT2D eigenvalue weighted by atomic mass is 9.96. The molecule has 1 fully saturated rings. The van der Waals surface area contributed by atoms with Gasteiger partial charge in [0.25, 0.3) is 0 Å². The average Bonchev–Trinajstić information content (AvgIpc) is 2.55. The molecule has 1 N–H and O–H groups in total. The third-order valence-electron chi connectivity index (χ3n) is 4.02. The van der Waals surface area contributed by atoms with Gasteiger partial charge >= 0.3 is 0 Å². The lowest BCUT2D eigenvalue weighted by Gasteiger charge is -2.32. The normalized spacial score (nSPS) is 15.5.